The Labute approximate surface area is 97.7 Å². The molecule has 13 heavy (non-hydrogen) atoms. The van der Waals surface area contributed by atoms with E-state index in [0.29, 0.717) is 16.3 Å². The minimum Gasteiger partial charge on any atom is -0.397 e. The average molecular weight is 327 g/mol. The molecule has 0 aliphatic carbocycles. The van der Waals surface area contributed by atoms with Crippen LogP contribution in [0.4, 0.5) is 5.69 Å². The summed E-state index contributed by atoms with van der Waals surface area (Å²) >= 11 is 12.2. The average Bonchev–Trinajstić information content (AvgIpc) is 2.10. The maximum atomic E-state index is 11.3. The highest BCUT2D eigenvalue weighted by molar-refractivity contribution is 9.10. The number of Topliss-reactive ketones (excluding diaryl/α,β-unsaturated/α-hetero) is 1. The fourth-order valence-electron chi connectivity index (χ4n) is 0.885. The lowest BCUT2D eigenvalue weighted by atomic mass is 10.1. The first kappa shape index (κ1) is 11.0. The van der Waals surface area contributed by atoms with Gasteiger partial charge in [0.2, 0.25) is 0 Å². The van der Waals surface area contributed by atoms with Crippen LogP contribution in [0.15, 0.2) is 16.6 Å². The molecule has 2 nitrogen and oxygen atoms in total. The number of benzene rings is 1. The van der Waals surface area contributed by atoms with Gasteiger partial charge in [0.25, 0.3) is 0 Å². The molecule has 0 aliphatic rings. The van der Waals surface area contributed by atoms with Gasteiger partial charge in [0, 0.05) is 10.0 Å². The molecule has 0 saturated carbocycles. The maximum absolute atomic E-state index is 11.3. The zero-order chi connectivity index (χ0) is 10.0. The van der Waals surface area contributed by atoms with Gasteiger partial charge in [0.1, 0.15) is 0 Å². The van der Waals surface area contributed by atoms with E-state index in [-0.39, 0.29) is 11.1 Å². The van der Waals surface area contributed by atoms with Crippen molar-refractivity contribution in [1.29, 1.82) is 0 Å². The molecule has 0 radical (unpaired) electrons. The molecule has 5 heteroatoms. The number of halogens is 3. The van der Waals surface area contributed by atoms with E-state index in [1.54, 1.807) is 12.1 Å². The first-order valence-electron chi connectivity index (χ1n) is 3.40. The smallest absolute Gasteiger partial charge is 0.174 e. The van der Waals surface area contributed by atoms with Gasteiger partial charge in [-0.2, -0.15) is 0 Å². The zero-order valence-electron chi connectivity index (χ0n) is 6.48. The first-order valence-corrected chi connectivity index (χ1v) is 5.69. The number of hydrogen-bond donors (Lipinski definition) is 1. The summed E-state index contributed by atoms with van der Waals surface area (Å²) in [4.78, 5) is 11.3. The van der Waals surface area contributed by atoms with Gasteiger partial charge in [0.15, 0.2) is 5.78 Å². The van der Waals surface area contributed by atoms with Crippen LogP contribution < -0.4 is 5.73 Å². The second-order valence-electron chi connectivity index (χ2n) is 2.41. The Morgan fingerprint density at radius 2 is 2.15 bits per heavy atom. The highest BCUT2D eigenvalue weighted by Crippen LogP contribution is 2.28. The summed E-state index contributed by atoms with van der Waals surface area (Å²) < 4.78 is 0.749. The normalized spacial score (nSPS) is 10.1. The quantitative estimate of drug-likeness (QED) is 0.515. The fourth-order valence-corrected chi connectivity index (χ4v) is 1.88. The minimum absolute atomic E-state index is 0.0852. The molecule has 0 spiro atoms. The molecule has 0 unspecified atom stereocenters. The van der Waals surface area contributed by atoms with Gasteiger partial charge in [0.05, 0.1) is 16.0 Å². The van der Waals surface area contributed by atoms with Gasteiger partial charge in [-0.1, -0.05) is 43.5 Å². The van der Waals surface area contributed by atoms with Gasteiger partial charge in [-0.05, 0) is 12.1 Å². The molecular formula is C8H6Br2ClNO. The largest absolute Gasteiger partial charge is 0.397 e. The van der Waals surface area contributed by atoms with Crippen LogP contribution in [-0.2, 0) is 0 Å². The Morgan fingerprint density at radius 3 is 2.69 bits per heavy atom. The molecular weight excluding hydrogens is 321 g/mol. The number of ketones is 1. The number of carbonyl (C=O) groups excluding carboxylic acids is 1. The maximum Gasteiger partial charge on any atom is 0.174 e. The highest BCUT2D eigenvalue weighted by atomic mass is 79.9. The van der Waals surface area contributed by atoms with E-state index in [4.69, 9.17) is 17.3 Å². The number of hydrogen-bond acceptors (Lipinski definition) is 2. The molecule has 1 rings (SSSR count). The summed E-state index contributed by atoms with van der Waals surface area (Å²) in [6.45, 7) is 0. The molecule has 2 N–H and O–H groups in total. The predicted molar refractivity (Wildman–Crippen MR) is 61.7 cm³/mol. The van der Waals surface area contributed by atoms with Crippen molar-refractivity contribution in [2.75, 3.05) is 11.1 Å². The Kier molecular flexibility index (Phi) is 3.76. The molecule has 0 saturated heterocycles. The van der Waals surface area contributed by atoms with Crippen LogP contribution in [0.25, 0.3) is 0 Å². The number of alkyl halides is 1. The van der Waals surface area contributed by atoms with Crippen molar-refractivity contribution in [3.05, 3.63) is 27.2 Å². The van der Waals surface area contributed by atoms with Crippen molar-refractivity contribution in [2.24, 2.45) is 0 Å². The summed E-state index contributed by atoms with van der Waals surface area (Å²) in [5.41, 5.74) is 6.42. The molecule has 1 aromatic rings. The summed E-state index contributed by atoms with van der Waals surface area (Å²) in [7, 11) is 0. The van der Waals surface area contributed by atoms with Crippen LogP contribution in [0.1, 0.15) is 10.4 Å². The molecule has 0 fully saturated rings. The number of carbonyl (C=O) groups is 1. The lowest BCUT2D eigenvalue weighted by Gasteiger charge is -2.04. The van der Waals surface area contributed by atoms with E-state index in [0.717, 1.165) is 4.47 Å². The number of nitrogen functional groups attached to an aromatic ring is 1. The van der Waals surface area contributed by atoms with Crippen LogP contribution in [-0.4, -0.2) is 11.1 Å². The van der Waals surface area contributed by atoms with Crippen molar-refractivity contribution in [2.45, 2.75) is 0 Å². The van der Waals surface area contributed by atoms with Crippen molar-refractivity contribution in [3.8, 4) is 0 Å². The van der Waals surface area contributed by atoms with Crippen molar-refractivity contribution >= 4 is 54.9 Å². The Morgan fingerprint density at radius 1 is 1.54 bits per heavy atom. The van der Waals surface area contributed by atoms with Crippen molar-refractivity contribution < 1.29 is 4.79 Å². The predicted octanol–water partition coefficient (Wildman–Crippen LogP) is 3.26. The number of nitrogens with two attached hydrogens (primary N) is 1. The molecule has 0 heterocycles. The second-order valence-corrected chi connectivity index (χ2v) is 4.27. The van der Waals surface area contributed by atoms with E-state index >= 15 is 0 Å². The Balaban J connectivity index is 3.28. The molecule has 70 valence electrons. The van der Waals surface area contributed by atoms with Crippen LogP contribution in [0.2, 0.25) is 5.02 Å². The van der Waals surface area contributed by atoms with Crippen LogP contribution in [0, 0.1) is 0 Å². The molecule has 0 amide bonds. The third-order valence-corrected chi connectivity index (χ3v) is 2.88. The van der Waals surface area contributed by atoms with E-state index in [1.165, 1.54) is 0 Å². The highest BCUT2D eigenvalue weighted by Gasteiger charge is 2.12. The first-order chi connectivity index (χ1) is 6.06. The summed E-state index contributed by atoms with van der Waals surface area (Å²) in [6, 6.07) is 3.32. The Hall–Kier alpha value is -0.0600. The van der Waals surface area contributed by atoms with Gasteiger partial charge >= 0.3 is 0 Å². The van der Waals surface area contributed by atoms with Gasteiger partial charge in [-0.15, -0.1) is 0 Å². The standard InChI is InChI=1S/C8H6Br2ClNO/c9-3-7(13)5-1-4(10)2-6(12)8(5)11/h1-2H,3,12H2. The molecule has 0 aromatic heterocycles. The molecule has 1 aromatic carbocycles. The van der Waals surface area contributed by atoms with E-state index < -0.39 is 0 Å². The second kappa shape index (κ2) is 4.44. The fraction of sp³-hybridized carbons (Fsp3) is 0.125. The minimum atomic E-state index is -0.0852. The lowest BCUT2D eigenvalue weighted by molar-refractivity contribution is 0.102. The molecule has 0 aliphatic heterocycles. The molecule has 0 atom stereocenters. The van der Waals surface area contributed by atoms with E-state index in [9.17, 15) is 4.79 Å². The zero-order valence-corrected chi connectivity index (χ0v) is 10.4. The van der Waals surface area contributed by atoms with E-state index in [2.05, 4.69) is 31.9 Å². The summed E-state index contributed by atoms with van der Waals surface area (Å²) in [5, 5.41) is 0.551. The van der Waals surface area contributed by atoms with Crippen molar-refractivity contribution in [3.63, 3.8) is 0 Å². The van der Waals surface area contributed by atoms with Gasteiger partial charge in [-0.3, -0.25) is 4.79 Å². The van der Waals surface area contributed by atoms with Crippen LogP contribution in [0.5, 0.6) is 0 Å². The number of anilines is 1. The Bertz CT molecular complexity index is 354. The van der Waals surface area contributed by atoms with Gasteiger partial charge < -0.3 is 5.73 Å². The van der Waals surface area contributed by atoms with Gasteiger partial charge in [-0.25, -0.2) is 0 Å². The summed E-state index contributed by atoms with van der Waals surface area (Å²) in [6.07, 6.45) is 0. The summed E-state index contributed by atoms with van der Waals surface area (Å²) in [5.74, 6) is -0.0852. The monoisotopic (exact) mass is 325 g/mol. The SMILES string of the molecule is Nc1cc(Br)cc(C(=O)CBr)c1Cl. The molecule has 0 bridgehead atoms. The van der Waals surface area contributed by atoms with Crippen LogP contribution in [0.3, 0.4) is 0 Å². The third kappa shape index (κ3) is 2.45. The van der Waals surface area contributed by atoms with Crippen LogP contribution >= 0.6 is 43.5 Å². The van der Waals surface area contributed by atoms with Crippen molar-refractivity contribution in [1.82, 2.24) is 0 Å². The third-order valence-electron chi connectivity index (χ3n) is 1.49. The number of rotatable bonds is 2. The van der Waals surface area contributed by atoms with E-state index in [1.807, 2.05) is 0 Å². The topological polar surface area (TPSA) is 43.1 Å². The lowest BCUT2D eigenvalue weighted by Crippen LogP contribution is -2.03.